The summed E-state index contributed by atoms with van der Waals surface area (Å²) >= 11 is 0. The molecule has 0 saturated heterocycles. The first-order valence-electron chi connectivity index (χ1n) is 6.50. The van der Waals surface area contributed by atoms with Crippen LogP contribution in [0.4, 0.5) is 0 Å². The van der Waals surface area contributed by atoms with E-state index in [2.05, 4.69) is 22.1 Å². The molecule has 1 aromatic rings. The topological polar surface area (TPSA) is 68.2 Å². The fourth-order valence-electron chi connectivity index (χ4n) is 2.38. The molecule has 6 heteroatoms. The zero-order valence-corrected chi connectivity index (χ0v) is 11.5. The van der Waals surface area contributed by atoms with Gasteiger partial charge < -0.3 is 10.3 Å². The van der Waals surface area contributed by atoms with Gasteiger partial charge in [-0.15, -0.1) is 12.4 Å². The molecule has 0 aliphatic heterocycles. The summed E-state index contributed by atoms with van der Waals surface area (Å²) in [6.07, 6.45) is 5.04. The Balaban J connectivity index is 0.00000120. The molecule has 0 bridgehead atoms. The third kappa shape index (κ3) is 3.02. The minimum atomic E-state index is 0. The van der Waals surface area contributed by atoms with E-state index < -0.39 is 0 Å². The van der Waals surface area contributed by atoms with E-state index in [-0.39, 0.29) is 12.4 Å². The molecule has 0 spiro atoms. The van der Waals surface area contributed by atoms with Gasteiger partial charge in [-0.25, -0.2) is 0 Å². The molecule has 0 amide bonds. The van der Waals surface area contributed by atoms with Crippen LogP contribution in [0.5, 0.6) is 0 Å². The fraction of sp³-hybridized carbons (Fsp3) is 0.833. The summed E-state index contributed by atoms with van der Waals surface area (Å²) in [6.45, 7) is 1.43. The minimum Gasteiger partial charge on any atom is -0.338 e. The maximum absolute atomic E-state index is 5.82. The summed E-state index contributed by atoms with van der Waals surface area (Å²) in [5.41, 5.74) is 5.82. The van der Waals surface area contributed by atoms with Crippen molar-refractivity contribution in [2.24, 2.45) is 11.7 Å². The molecule has 2 aliphatic carbocycles. The van der Waals surface area contributed by atoms with Gasteiger partial charge in [0.2, 0.25) is 5.89 Å². The number of likely N-dealkylation sites (N-methyl/N-ethyl adjacent to an activating group) is 1. The number of halogens is 1. The molecule has 1 heterocycles. The van der Waals surface area contributed by atoms with Gasteiger partial charge in [-0.2, -0.15) is 4.98 Å². The molecule has 1 atom stereocenters. The lowest BCUT2D eigenvalue weighted by Crippen LogP contribution is -2.39. The van der Waals surface area contributed by atoms with Gasteiger partial charge in [0, 0.05) is 18.5 Å². The zero-order chi connectivity index (χ0) is 11.8. The van der Waals surface area contributed by atoms with Crippen LogP contribution < -0.4 is 5.73 Å². The molecule has 2 fully saturated rings. The molecule has 3 rings (SSSR count). The normalized spacial score (nSPS) is 20.8. The first-order valence-corrected chi connectivity index (χ1v) is 6.50. The van der Waals surface area contributed by atoms with E-state index in [0.29, 0.717) is 18.5 Å². The Kier molecular flexibility index (Phi) is 4.25. The van der Waals surface area contributed by atoms with Crippen LogP contribution in [-0.4, -0.2) is 34.7 Å². The molecule has 5 nitrogen and oxygen atoms in total. The van der Waals surface area contributed by atoms with E-state index in [1.807, 2.05) is 0 Å². The van der Waals surface area contributed by atoms with Crippen molar-refractivity contribution >= 4 is 12.4 Å². The van der Waals surface area contributed by atoms with E-state index in [1.54, 1.807) is 0 Å². The summed E-state index contributed by atoms with van der Waals surface area (Å²) in [6, 6.07) is 0.464. The molecule has 102 valence electrons. The third-order valence-electron chi connectivity index (χ3n) is 3.78. The molecule has 2 aliphatic rings. The lowest BCUT2D eigenvalue weighted by Gasteiger charge is -2.25. The number of hydrogen-bond donors (Lipinski definition) is 1. The van der Waals surface area contributed by atoms with Gasteiger partial charge in [0.25, 0.3) is 0 Å². The van der Waals surface area contributed by atoms with Gasteiger partial charge >= 0.3 is 0 Å². The van der Waals surface area contributed by atoms with Gasteiger partial charge in [-0.1, -0.05) is 5.16 Å². The number of hydrogen-bond acceptors (Lipinski definition) is 5. The Labute approximate surface area is 114 Å². The van der Waals surface area contributed by atoms with E-state index >= 15 is 0 Å². The van der Waals surface area contributed by atoms with Gasteiger partial charge in [-0.3, -0.25) is 4.90 Å². The number of aromatic nitrogens is 2. The lowest BCUT2D eigenvalue weighted by molar-refractivity contribution is 0.189. The van der Waals surface area contributed by atoms with Crippen LogP contribution in [0.25, 0.3) is 0 Å². The third-order valence-corrected chi connectivity index (χ3v) is 3.78. The summed E-state index contributed by atoms with van der Waals surface area (Å²) < 4.78 is 5.29. The van der Waals surface area contributed by atoms with Crippen LogP contribution in [0, 0.1) is 5.92 Å². The van der Waals surface area contributed by atoms with E-state index in [1.165, 1.54) is 25.7 Å². The zero-order valence-electron chi connectivity index (χ0n) is 10.7. The highest BCUT2D eigenvalue weighted by molar-refractivity contribution is 5.85. The maximum atomic E-state index is 5.82. The molecular weight excluding hydrogens is 252 g/mol. The van der Waals surface area contributed by atoms with Gasteiger partial charge in [-0.05, 0) is 38.6 Å². The van der Waals surface area contributed by atoms with Crippen LogP contribution in [0.2, 0.25) is 0 Å². The minimum absolute atomic E-state index is 0. The SMILES string of the molecule is CN(Cc1nc(C2CC2)no1)C(CN)C1CC1.Cl. The van der Waals surface area contributed by atoms with Crippen LogP contribution >= 0.6 is 12.4 Å². The van der Waals surface area contributed by atoms with Crippen molar-refractivity contribution in [1.82, 2.24) is 15.0 Å². The molecule has 18 heavy (non-hydrogen) atoms. The van der Waals surface area contributed by atoms with Crippen molar-refractivity contribution in [3.63, 3.8) is 0 Å². The summed E-state index contributed by atoms with van der Waals surface area (Å²) in [5, 5.41) is 4.03. The Morgan fingerprint density at radius 1 is 1.39 bits per heavy atom. The molecular formula is C12H21ClN4O. The van der Waals surface area contributed by atoms with Gasteiger partial charge in [0.05, 0.1) is 6.54 Å². The van der Waals surface area contributed by atoms with Gasteiger partial charge in [0.1, 0.15) is 0 Å². The van der Waals surface area contributed by atoms with Crippen LogP contribution in [0.15, 0.2) is 4.52 Å². The number of nitrogens with two attached hydrogens (primary N) is 1. The molecule has 0 radical (unpaired) electrons. The van der Waals surface area contributed by atoms with Crippen molar-refractivity contribution in [2.45, 2.75) is 44.2 Å². The first-order chi connectivity index (χ1) is 8.28. The van der Waals surface area contributed by atoms with Crippen molar-refractivity contribution in [2.75, 3.05) is 13.6 Å². The Morgan fingerprint density at radius 3 is 2.67 bits per heavy atom. The standard InChI is InChI=1S/C12H20N4O.ClH/c1-16(10(6-13)8-2-3-8)7-11-14-12(15-17-11)9-4-5-9;/h8-10H,2-7,13H2,1H3;1H. The predicted molar refractivity (Wildman–Crippen MR) is 70.6 cm³/mol. The monoisotopic (exact) mass is 272 g/mol. The Morgan fingerprint density at radius 2 is 2.11 bits per heavy atom. The molecule has 2 saturated carbocycles. The molecule has 1 unspecified atom stereocenters. The highest BCUT2D eigenvalue weighted by Gasteiger charge is 2.34. The quantitative estimate of drug-likeness (QED) is 0.851. The van der Waals surface area contributed by atoms with E-state index in [4.69, 9.17) is 10.3 Å². The first kappa shape index (κ1) is 13.8. The Hall–Kier alpha value is -0.650. The predicted octanol–water partition coefficient (Wildman–Crippen LogP) is 1.54. The van der Waals surface area contributed by atoms with E-state index in [9.17, 15) is 0 Å². The maximum Gasteiger partial charge on any atom is 0.240 e. The van der Waals surface area contributed by atoms with Crippen molar-refractivity contribution in [3.8, 4) is 0 Å². The average Bonchev–Trinajstić information content (AvgIpc) is 3.20. The average molecular weight is 273 g/mol. The second kappa shape index (κ2) is 5.55. The molecule has 2 N–H and O–H groups in total. The van der Waals surface area contributed by atoms with Gasteiger partial charge in [0.15, 0.2) is 5.82 Å². The second-order valence-corrected chi connectivity index (χ2v) is 5.38. The van der Waals surface area contributed by atoms with Crippen molar-refractivity contribution in [1.29, 1.82) is 0 Å². The number of rotatable bonds is 6. The molecule has 0 aromatic carbocycles. The lowest BCUT2D eigenvalue weighted by atomic mass is 10.1. The highest BCUT2D eigenvalue weighted by Crippen LogP contribution is 2.38. The van der Waals surface area contributed by atoms with Crippen LogP contribution in [0.3, 0.4) is 0 Å². The molecule has 1 aromatic heterocycles. The summed E-state index contributed by atoms with van der Waals surface area (Å²) in [5.74, 6) is 2.96. The van der Waals surface area contributed by atoms with Crippen molar-refractivity contribution < 1.29 is 4.52 Å². The van der Waals surface area contributed by atoms with Crippen LogP contribution in [-0.2, 0) is 6.54 Å². The van der Waals surface area contributed by atoms with Crippen molar-refractivity contribution in [3.05, 3.63) is 11.7 Å². The highest BCUT2D eigenvalue weighted by atomic mass is 35.5. The van der Waals surface area contributed by atoms with Crippen LogP contribution in [0.1, 0.15) is 43.3 Å². The van der Waals surface area contributed by atoms with E-state index in [0.717, 1.165) is 24.2 Å². The number of nitrogens with zero attached hydrogens (tertiary/aromatic N) is 3. The largest absolute Gasteiger partial charge is 0.338 e. The smallest absolute Gasteiger partial charge is 0.240 e. The fourth-order valence-corrected chi connectivity index (χ4v) is 2.38. The Bertz CT molecular complexity index is 389. The summed E-state index contributed by atoms with van der Waals surface area (Å²) in [7, 11) is 2.09. The summed E-state index contributed by atoms with van der Waals surface area (Å²) in [4.78, 5) is 6.70. The second-order valence-electron chi connectivity index (χ2n) is 5.38.